The van der Waals surface area contributed by atoms with E-state index in [4.69, 9.17) is 4.99 Å². The first-order chi connectivity index (χ1) is 13.7. The summed E-state index contributed by atoms with van der Waals surface area (Å²) in [6, 6.07) is 11.3. The predicted molar refractivity (Wildman–Crippen MR) is 137 cm³/mol. The van der Waals surface area contributed by atoms with Crippen LogP contribution in [0.5, 0.6) is 0 Å². The Bertz CT molecular complexity index is 606. The normalized spacial score (nSPS) is 22.4. The summed E-state index contributed by atoms with van der Waals surface area (Å²) in [4.78, 5) is 13.8. The van der Waals surface area contributed by atoms with Crippen LogP contribution in [0.2, 0.25) is 0 Å². The second-order valence-electron chi connectivity index (χ2n) is 8.11. The molecule has 2 unspecified atom stereocenters. The highest BCUT2D eigenvalue weighted by atomic mass is 127. The van der Waals surface area contributed by atoms with E-state index in [1.807, 2.05) is 11.8 Å². The molecule has 0 bridgehead atoms. The summed E-state index contributed by atoms with van der Waals surface area (Å²) >= 11 is 1.98. The molecule has 2 atom stereocenters. The van der Waals surface area contributed by atoms with Crippen molar-refractivity contribution in [2.45, 2.75) is 31.2 Å². The Morgan fingerprint density at radius 1 is 1.17 bits per heavy atom. The zero-order valence-electron chi connectivity index (χ0n) is 18.2. The molecular formula is C22H38IN5S. The molecule has 164 valence electrons. The predicted octanol–water partition coefficient (Wildman–Crippen LogP) is 3.32. The van der Waals surface area contributed by atoms with Gasteiger partial charge in [0.25, 0.3) is 0 Å². The van der Waals surface area contributed by atoms with Crippen LogP contribution in [0.25, 0.3) is 0 Å². The Kier molecular flexibility index (Phi) is 11.1. The first kappa shape index (κ1) is 24.8. The van der Waals surface area contributed by atoms with Crippen molar-refractivity contribution < 1.29 is 0 Å². The van der Waals surface area contributed by atoms with E-state index < -0.39 is 0 Å². The van der Waals surface area contributed by atoms with E-state index in [1.165, 1.54) is 30.2 Å². The average molecular weight is 532 g/mol. The van der Waals surface area contributed by atoms with Gasteiger partial charge < -0.3 is 15.1 Å². The maximum Gasteiger partial charge on any atom is 0.193 e. The number of aliphatic imine (C=N–C) groups is 1. The minimum atomic E-state index is 0. The summed E-state index contributed by atoms with van der Waals surface area (Å²) in [7, 11) is 2.21. The molecule has 2 aliphatic rings. The van der Waals surface area contributed by atoms with Gasteiger partial charge in [-0.15, -0.1) is 35.7 Å². The van der Waals surface area contributed by atoms with Crippen molar-refractivity contribution in [3.8, 4) is 0 Å². The molecule has 2 fully saturated rings. The van der Waals surface area contributed by atoms with Gasteiger partial charge in [0.2, 0.25) is 0 Å². The summed E-state index contributed by atoms with van der Waals surface area (Å²) < 4.78 is 0. The van der Waals surface area contributed by atoms with E-state index in [9.17, 15) is 0 Å². The average Bonchev–Trinajstić information content (AvgIpc) is 3.19. The first-order valence-corrected chi connectivity index (χ1v) is 11.8. The molecule has 29 heavy (non-hydrogen) atoms. The van der Waals surface area contributed by atoms with Gasteiger partial charge in [-0.05, 0) is 45.4 Å². The third-order valence-corrected chi connectivity index (χ3v) is 7.06. The molecule has 2 heterocycles. The van der Waals surface area contributed by atoms with Crippen molar-refractivity contribution in [2.24, 2.45) is 10.9 Å². The molecule has 0 saturated carbocycles. The lowest BCUT2D eigenvalue weighted by atomic mass is 10.2. The molecule has 0 radical (unpaired) electrons. The standard InChI is InChI=1S/C22H37N5S.HI/c1-4-23-22(24-16-19(2)26-14-12-25(3)13-15-26)27-11-10-20(17-27)18-28-21-8-6-5-7-9-21;/h5-9,19-20H,4,10-18H2,1-3H3,(H,23,24);1H. The van der Waals surface area contributed by atoms with Gasteiger partial charge >= 0.3 is 0 Å². The lowest BCUT2D eigenvalue weighted by Crippen LogP contribution is -2.49. The minimum Gasteiger partial charge on any atom is -0.357 e. The van der Waals surface area contributed by atoms with E-state index in [1.54, 1.807) is 0 Å². The Labute approximate surface area is 198 Å². The summed E-state index contributed by atoms with van der Waals surface area (Å²) in [6.45, 7) is 13.2. The van der Waals surface area contributed by atoms with Gasteiger partial charge in [-0.25, -0.2) is 0 Å². The quantitative estimate of drug-likeness (QED) is 0.253. The maximum absolute atomic E-state index is 5.01. The summed E-state index contributed by atoms with van der Waals surface area (Å²) in [5, 5.41) is 3.53. The highest BCUT2D eigenvalue weighted by molar-refractivity contribution is 14.0. The SMILES string of the molecule is CCNC(=NCC(C)N1CCN(C)CC1)N1CCC(CSc2ccccc2)C1.I. The number of hydrogen-bond donors (Lipinski definition) is 1. The maximum atomic E-state index is 5.01. The fourth-order valence-electron chi connectivity index (χ4n) is 3.91. The minimum absolute atomic E-state index is 0. The topological polar surface area (TPSA) is 34.1 Å². The van der Waals surface area contributed by atoms with Crippen LogP contribution in [-0.2, 0) is 0 Å². The van der Waals surface area contributed by atoms with Crippen LogP contribution in [-0.4, -0.2) is 91.9 Å². The molecular weight excluding hydrogens is 493 g/mol. The van der Waals surface area contributed by atoms with Crippen LogP contribution in [0.15, 0.2) is 40.2 Å². The Hall–Kier alpha value is -0.510. The first-order valence-electron chi connectivity index (χ1n) is 10.8. The van der Waals surface area contributed by atoms with Crippen molar-refractivity contribution >= 4 is 41.7 Å². The van der Waals surface area contributed by atoms with Gasteiger partial charge in [0.15, 0.2) is 5.96 Å². The summed E-state index contributed by atoms with van der Waals surface area (Å²) in [5.41, 5.74) is 0. The zero-order valence-corrected chi connectivity index (χ0v) is 21.4. The third kappa shape index (κ3) is 7.92. The third-order valence-electron chi connectivity index (χ3n) is 5.82. The molecule has 1 aromatic carbocycles. The van der Waals surface area contributed by atoms with Crippen LogP contribution in [0.1, 0.15) is 20.3 Å². The zero-order chi connectivity index (χ0) is 19.8. The molecule has 0 aliphatic carbocycles. The number of likely N-dealkylation sites (tertiary alicyclic amines) is 1. The highest BCUT2D eigenvalue weighted by Crippen LogP contribution is 2.25. The van der Waals surface area contributed by atoms with Gasteiger partial charge in [-0.3, -0.25) is 9.89 Å². The molecule has 1 aromatic rings. The fraction of sp³-hybridized carbons (Fsp3) is 0.682. The molecule has 2 saturated heterocycles. The second-order valence-corrected chi connectivity index (χ2v) is 9.20. The van der Waals surface area contributed by atoms with Crippen molar-refractivity contribution in [1.82, 2.24) is 20.0 Å². The smallest absolute Gasteiger partial charge is 0.193 e. The van der Waals surface area contributed by atoms with E-state index in [0.29, 0.717) is 6.04 Å². The van der Waals surface area contributed by atoms with Crippen LogP contribution >= 0.6 is 35.7 Å². The number of guanidine groups is 1. The van der Waals surface area contributed by atoms with Gasteiger partial charge in [-0.2, -0.15) is 0 Å². The van der Waals surface area contributed by atoms with Crippen molar-refractivity contribution in [1.29, 1.82) is 0 Å². The monoisotopic (exact) mass is 531 g/mol. The van der Waals surface area contributed by atoms with Crippen LogP contribution < -0.4 is 5.32 Å². The number of benzene rings is 1. The molecule has 0 spiro atoms. The lowest BCUT2D eigenvalue weighted by molar-refractivity contribution is 0.122. The van der Waals surface area contributed by atoms with Gasteiger partial charge in [0.1, 0.15) is 0 Å². The molecule has 7 heteroatoms. The van der Waals surface area contributed by atoms with E-state index in [2.05, 4.69) is 71.2 Å². The number of halogens is 1. The second kappa shape index (κ2) is 13.0. The van der Waals surface area contributed by atoms with Crippen LogP contribution in [0.3, 0.4) is 0 Å². The van der Waals surface area contributed by atoms with Crippen LogP contribution in [0, 0.1) is 5.92 Å². The largest absolute Gasteiger partial charge is 0.357 e. The number of rotatable bonds is 7. The Balaban J connectivity index is 0.00000300. The summed E-state index contributed by atoms with van der Waals surface area (Å²) in [5.74, 6) is 3.04. The molecule has 2 aliphatic heterocycles. The molecule has 3 rings (SSSR count). The number of nitrogens with one attached hydrogen (secondary N) is 1. The van der Waals surface area contributed by atoms with E-state index in [0.717, 1.165) is 51.1 Å². The van der Waals surface area contributed by atoms with Crippen molar-refractivity contribution in [3.05, 3.63) is 30.3 Å². The van der Waals surface area contributed by atoms with E-state index in [-0.39, 0.29) is 24.0 Å². The van der Waals surface area contributed by atoms with Gasteiger partial charge in [0.05, 0.1) is 6.54 Å². The molecule has 0 aromatic heterocycles. The van der Waals surface area contributed by atoms with Crippen LogP contribution in [0.4, 0.5) is 0 Å². The lowest BCUT2D eigenvalue weighted by Gasteiger charge is -2.36. The van der Waals surface area contributed by atoms with Gasteiger partial charge in [0, 0.05) is 62.5 Å². The van der Waals surface area contributed by atoms with Gasteiger partial charge in [-0.1, -0.05) is 18.2 Å². The van der Waals surface area contributed by atoms with Crippen molar-refractivity contribution in [3.63, 3.8) is 0 Å². The number of likely N-dealkylation sites (N-methyl/N-ethyl adjacent to an activating group) is 1. The Morgan fingerprint density at radius 3 is 2.59 bits per heavy atom. The molecule has 0 amide bonds. The summed E-state index contributed by atoms with van der Waals surface area (Å²) in [6.07, 6.45) is 1.26. The number of piperazine rings is 1. The fourth-order valence-corrected chi connectivity index (χ4v) is 4.96. The van der Waals surface area contributed by atoms with E-state index >= 15 is 0 Å². The molecule has 5 nitrogen and oxygen atoms in total. The Morgan fingerprint density at radius 2 is 1.90 bits per heavy atom. The van der Waals surface area contributed by atoms with Crippen molar-refractivity contribution in [2.75, 3.05) is 65.2 Å². The molecule has 1 N–H and O–H groups in total. The highest BCUT2D eigenvalue weighted by Gasteiger charge is 2.25. The number of hydrogen-bond acceptors (Lipinski definition) is 4. The number of nitrogens with zero attached hydrogens (tertiary/aromatic N) is 4. The number of thioether (sulfide) groups is 1.